The third kappa shape index (κ3) is 3.53. The van der Waals surface area contributed by atoms with E-state index in [2.05, 4.69) is 55.8 Å². The van der Waals surface area contributed by atoms with Gasteiger partial charge in [0.15, 0.2) is 0 Å². The molecule has 0 heterocycles. The second-order valence-electron chi connectivity index (χ2n) is 4.17. The molecule has 2 heteroatoms. The Bertz CT molecular complexity index is 307. The fraction of sp³-hybridized carbons (Fsp3) is 0.538. The van der Waals surface area contributed by atoms with Gasteiger partial charge in [0.25, 0.3) is 0 Å². The van der Waals surface area contributed by atoms with Gasteiger partial charge in [0.05, 0.1) is 6.10 Å². The molecule has 0 fully saturated rings. The molecule has 0 aliphatic heterocycles. The summed E-state index contributed by atoms with van der Waals surface area (Å²) in [7, 11) is 0. The summed E-state index contributed by atoms with van der Waals surface area (Å²) in [5, 5.41) is 0. The minimum absolute atomic E-state index is 0.226. The number of hydrogen-bond donors (Lipinski definition) is 0. The summed E-state index contributed by atoms with van der Waals surface area (Å²) in [6, 6.07) is 8.27. The van der Waals surface area contributed by atoms with Crippen LogP contribution in [-0.4, -0.2) is 10.9 Å². The summed E-state index contributed by atoms with van der Waals surface area (Å²) in [5.74, 6) is 1.46. The van der Waals surface area contributed by atoms with Crippen molar-refractivity contribution in [3.63, 3.8) is 0 Å². The van der Waals surface area contributed by atoms with E-state index in [1.165, 1.54) is 5.56 Å². The summed E-state index contributed by atoms with van der Waals surface area (Å²) >= 11 is 3.62. The highest BCUT2D eigenvalue weighted by molar-refractivity contribution is 9.09. The molecule has 1 aromatic carbocycles. The fourth-order valence-corrected chi connectivity index (χ4v) is 1.75. The third-order valence-electron chi connectivity index (χ3n) is 2.46. The van der Waals surface area contributed by atoms with Crippen LogP contribution in [0.1, 0.15) is 39.2 Å². The predicted octanol–water partition coefficient (Wildman–Crippen LogP) is 4.36. The Balaban J connectivity index is 2.95. The molecule has 0 aliphatic rings. The van der Waals surface area contributed by atoms with E-state index in [1.807, 2.05) is 12.1 Å². The first-order valence-electron chi connectivity index (χ1n) is 5.42. The highest BCUT2D eigenvalue weighted by atomic mass is 79.9. The molecule has 0 aliphatic carbocycles. The molecule has 0 saturated heterocycles. The predicted molar refractivity (Wildman–Crippen MR) is 69.0 cm³/mol. The standard InChI is InChI=1S/C13H19BrO/c1-9(2)15-13-8-6-5-7-12(13)10(3)11(4)14/h5-11H,1-4H3. The van der Waals surface area contributed by atoms with E-state index in [0.717, 1.165) is 5.75 Å². The van der Waals surface area contributed by atoms with Crippen LogP contribution in [0, 0.1) is 0 Å². The molecule has 0 spiro atoms. The topological polar surface area (TPSA) is 9.23 Å². The zero-order valence-corrected chi connectivity index (χ0v) is 11.4. The first-order valence-corrected chi connectivity index (χ1v) is 6.33. The van der Waals surface area contributed by atoms with Crippen LogP contribution >= 0.6 is 15.9 Å². The van der Waals surface area contributed by atoms with E-state index in [1.54, 1.807) is 0 Å². The molecule has 84 valence electrons. The van der Waals surface area contributed by atoms with Crippen LogP contribution in [0.15, 0.2) is 24.3 Å². The van der Waals surface area contributed by atoms with Gasteiger partial charge in [0.1, 0.15) is 5.75 Å². The molecule has 15 heavy (non-hydrogen) atoms. The first-order chi connectivity index (χ1) is 7.02. The zero-order valence-electron chi connectivity index (χ0n) is 9.83. The average Bonchev–Trinajstić information content (AvgIpc) is 2.16. The maximum Gasteiger partial charge on any atom is 0.123 e. The van der Waals surface area contributed by atoms with Gasteiger partial charge in [-0.2, -0.15) is 0 Å². The molecular formula is C13H19BrO. The van der Waals surface area contributed by atoms with Crippen molar-refractivity contribution in [3.8, 4) is 5.75 Å². The lowest BCUT2D eigenvalue weighted by molar-refractivity contribution is 0.239. The largest absolute Gasteiger partial charge is 0.491 e. The smallest absolute Gasteiger partial charge is 0.123 e. The molecule has 0 saturated carbocycles. The van der Waals surface area contributed by atoms with E-state index < -0.39 is 0 Å². The molecule has 1 rings (SSSR count). The lowest BCUT2D eigenvalue weighted by atomic mass is 9.97. The highest BCUT2D eigenvalue weighted by Gasteiger charge is 2.16. The Morgan fingerprint density at radius 3 is 2.20 bits per heavy atom. The van der Waals surface area contributed by atoms with Crippen molar-refractivity contribution in [2.24, 2.45) is 0 Å². The van der Waals surface area contributed by atoms with Crippen molar-refractivity contribution in [2.45, 2.75) is 44.5 Å². The number of rotatable bonds is 4. The van der Waals surface area contributed by atoms with Crippen molar-refractivity contribution < 1.29 is 4.74 Å². The molecule has 2 unspecified atom stereocenters. The zero-order chi connectivity index (χ0) is 11.4. The second kappa shape index (κ2) is 5.55. The van der Waals surface area contributed by atoms with E-state index in [9.17, 15) is 0 Å². The molecular weight excluding hydrogens is 252 g/mol. The fourth-order valence-electron chi connectivity index (χ4n) is 1.47. The molecule has 0 aromatic heterocycles. The minimum atomic E-state index is 0.226. The Morgan fingerprint density at radius 1 is 1.07 bits per heavy atom. The van der Waals surface area contributed by atoms with E-state index in [-0.39, 0.29) is 6.10 Å². The molecule has 2 atom stereocenters. The molecule has 0 N–H and O–H groups in total. The summed E-state index contributed by atoms with van der Waals surface area (Å²) in [6.07, 6.45) is 0.226. The van der Waals surface area contributed by atoms with Crippen LogP contribution in [0.3, 0.4) is 0 Å². The quantitative estimate of drug-likeness (QED) is 0.739. The monoisotopic (exact) mass is 270 g/mol. The number of hydrogen-bond acceptors (Lipinski definition) is 1. The lowest BCUT2D eigenvalue weighted by Crippen LogP contribution is -2.11. The highest BCUT2D eigenvalue weighted by Crippen LogP contribution is 2.31. The third-order valence-corrected chi connectivity index (χ3v) is 3.25. The molecule has 1 nitrogen and oxygen atoms in total. The van der Waals surface area contributed by atoms with Crippen LogP contribution in [0.2, 0.25) is 0 Å². The Labute approximate surface area is 101 Å². The Hall–Kier alpha value is -0.500. The maximum absolute atomic E-state index is 5.80. The van der Waals surface area contributed by atoms with Crippen molar-refractivity contribution >= 4 is 15.9 Å². The van der Waals surface area contributed by atoms with Crippen molar-refractivity contribution in [2.75, 3.05) is 0 Å². The van der Waals surface area contributed by atoms with Gasteiger partial charge in [0.2, 0.25) is 0 Å². The van der Waals surface area contributed by atoms with Gasteiger partial charge in [-0.1, -0.05) is 48.0 Å². The Kier molecular flexibility index (Phi) is 4.65. The lowest BCUT2D eigenvalue weighted by Gasteiger charge is -2.20. The summed E-state index contributed by atoms with van der Waals surface area (Å²) in [4.78, 5) is 0.453. The number of benzene rings is 1. The van der Waals surface area contributed by atoms with Crippen molar-refractivity contribution in [1.29, 1.82) is 0 Å². The summed E-state index contributed by atoms with van der Waals surface area (Å²) in [5.41, 5.74) is 1.27. The van der Waals surface area contributed by atoms with Gasteiger partial charge in [-0.15, -0.1) is 0 Å². The summed E-state index contributed by atoms with van der Waals surface area (Å²) < 4.78 is 5.80. The molecule has 0 amide bonds. The Morgan fingerprint density at radius 2 is 1.67 bits per heavy atom. The van der Waals surface area contributed by atoms with E-state index >= 15 is 0 Å². The normalized spacial score (nSPS) is 15.1. The molecule has 0 radical (unpaired) electrons. The van der Waals surface area contributed by atoms with Crippen molar-refractivity contribution in [1.82, 2.24) is 0 Å². The van der Waals surface area contributed by atoms with Gasteiger partial charge in [-0.25, -0.2) is 0 Å². The minimum Gasteiger partial charge on any atom is -0.491 e. The van der Waals surface area contributed by atoms with Gasteiger partial charge < -0.3 is 4.74 Å². The molecule has 1 aromatic rings. The van der Waals surface area contributed by atoms with Gasteiger partial charge in [0, 0.05) is 4.83 Å². The van der Waals surface area contributed by atoms with E-state index in [0.29, 0.717) is 10.7 Å². The van der Waals surface area contributed by atoms with Crippen LogP contribution in [0.5, 0.6) is 5.75 Å². The number of halogens is 1. The van der Waals surface area contributed by atoms with Gasteiger partial charge in [-0.3, -0.25) is 0 Å². The van der Waals surface area contributed by atoms with Crippen LogP contribution in [0.25, 0.3) is 0 Å². The summed E-state index contributed by atoms with van der Waals surface area (Å²) in [6.45, 7) is 8.48. The number of para-hydroxylation sites is 1. The van der Waals surface area contributed by atoms with Crippen molar-refractivity contribution in [3.05, 3.63) is 29.8 Å². The second-order valence-corrected chi connectivity index (χ2v) is 5.61. The van der Waals surface area contributed by atoms with Gasteiger partial charge >= 0.3 is 0 Å². The van der Waals surface area contributed by atoms with Gasteiger partial charge in [-0.05, 0) is 31.4 Å². The maximum atomic E-state index is 5.80. The van der Waals surface area contributed by atoms with Crippen LogP contribution < -0.4 is 4.74 Å². The van der Waals surface area contributed by atoms with E-state index in [4.69, 9.17) is 4.74 Å². The first kappa shape index (κ1) is 12.6. The average molecular weight is 271 g/mol. The number of alkyl halides is 1. The van der Waals surface area contributed by atoms with Crippen LogP contribution in [-0.2, 0) is 0 Å². The SMILES string of the molecule is CC(C)Oc1ccccc1C(C)C(C)Br. The molecule has 0 bridgehead atoms. The number of ether oxygens (including phenoxy) is 1. The van der Waals surface area contributed by atoms with Crippen LogP contribution in [0.4, 0.5) is 0 Å².